The molecular weight excluding hydrogens is 372 g/mol. The fourth-order valence-electron chi connectivity index (χ4n) is 3.00. The van der Waals surface area contributed by atoms with Crippen LogP contribution in [0, 0.1) is 0 Å². The Kier molecular flexibility index (Phi) is 6.39. The Morgan fingerprint density at radius 2 is 1.69 bits per heavy atom. The Balaban J connectivity index is 1.55. The quantitative estimate of drug-likeness (QED) is 0.421. The van der Waals surface area contributed by atoms with E-state index in [4.69, 9.17) is 4.74 Å². The molecule has 1 aliphatic rings. The van der Waals surface area contributed by atoms with Crippen molar-refractivity contribution >= 4 is 29.4 Å². The summed E-state index contributed by atoms with van der Waals surface area (Å²) in [5.41, 5.74) is 1.50. The van der Waals surface area contributed by atoms with Crippen LogP contribution >= 0.6 is 0 Å². The van der Waals surface area contributed by atoms with Gasteiger partial charge in [0.25, 0.3) is 11.8 Å². The van der Waals surface area contributed by atoms with Crippen LogP contribution in [0.4, 0.5) is 5.69 Å². The molecule has 0 atom stereocenters. The van der Waals surface area contributed by atoms with Crippen molar-refractivity contribution in [1.29, 1.82) is 0 Å². The summed E-state index contributed by atoms with van der Waals surface area (Å²) in [5, 5.41) is 2.68. The van der Waals surface area contributed by atoms with E-state index < -0.39 is 17.8 Å². The number of anilines is 1. The zero-order valence-electron chi connectivity index (χ0n) is 16.1. The number of rotatable bonds is 8. The van der Waals surface area contributed by atoms with Crippen LogP contribution in [0.1, 0.15) is 57.3 Å². The number of amides is 3. The monoisotopic (exact) mass is 394 g/mol. The Bertz CT molecular complexity index is 919. The van der Waals surface area contributed by atoms with Crippen LogP contribution in [0.2, 0.25) is 0 Å². The lowest BCUT2D eigenvalue weighted by molar-refractivity contribution is -0.116. The molecule has 1 aliphatic heterocycles. The maximum Gasteiger partial charge on any atom is 0.338 e. The van der Waals surface area contributed by atoms with E-state index in [-0.39, 0.29) is 18.9 Å². The van der Waals surface area contributed by atoms with Gasteiger partial charge in [0.05, 0.1) is 23.3 Å². The Labute approximate surface area is 168 Å². The van der Waals surface area contributed by atoms with Crippen molar-refractivity contribution in [3.8, 4) is 0 Å². The van der Waals surface area contributed by atoms with Gasteiger partial charge < -0.3 is 10.1 Å². The number of carbonyl (C=O) groups is 4. The smallest absolute Gasteiger partial charge is 0.338 e. The van der Waals surface area contributed by atoms with Crippen molar-refractivity contribution in [3.63, 3.8) is 0 Å². The number of unbranched alkanes of at least 4 members (excludes halogenated alkanes) is 1. The molecule has 0 aromatic heterocycles. The number of carbonyl (C=O) groups excluding carboxylic acids is 4. The van der Waals surface area contributed by atoms with Gasteiger partial charge in [-0.3, -0.25) is 19.3 Å². The number of imide groups is 1. The van der Waals surface area contributed by atoms with E-state index in [2.05, 4.69) is 5.32 Å². The number of ether oxygens (including phenoxy) is 1. The van der Waals surface area contributed by atoms with Gasteiger partial charge in [0.2, 0.25) is 5.91 Å². The molecule has 1 heterocycles. The molecule has 0 saturated carbocycles. The van der Waals surface area contributed by atoms with Crippen molar-refractivity contribution in [3.05, 3.63) is 65.2 Å². The Morgan fingerprint density at radius 1 is 1.00 bits per heavy atom. The molecule has 7 heteroatoms. The molecule has 0 fully saturated rings. The second kappa shape index (κ2) is 9.14. The highest BCUT2D eigenvalue weighted by Crippen LogP contribution is 2.22. The second-order valence-corrected chi connectivity index (χ2v) is 6.68. The van der Waals surface area contributed by atoms with Gasteiger partial charge in [-0.15, -0.1) is 0 Å². The Hall–Kier alpha value is -3.48. The van der Waals surface area contributed by atoms with Gasteiger partial charge in [-0.1, -0.05) is 31.5 Å². The second-order valence-electron chi connectivity index (χ2n) is 6.68. The number of hydrogen-bond acceptors (Lipinski definition) is 5. The van der Waals surface area contributed by atoms with E-state index in [9.17, 15) is 19.2 Å². The summed E-state index contributed by atoms with van der Waals surface area (Å²) in [6.07, 6.45) is 1.67. The van der Waals surface area contributed by atoms with Crippen molar-refractivity contribution in [1.82, 2.24) is 4.90 Å². The number of hydrogen-bond donors (Lipinski definition) is 1. The summed E-state index contributed by atoms with van der Waals surface area (Å²) in [6.45, 7) is 2.34. The van der Waals surface area contributed by atoms with Crippen LogP contribution < -0.4 is 5.32 Å². The summed E-state index contributed by atoms with van der Waals surface area (Å²) in [7, 11) is 0. The first-order valence-electron chi connectivity index (χ1n) is 9.53. The number of esters is 1. The van der Waals surface area contributed by atoms with E-state index in [0.29, 0.717) is 29.0 Å². The molecule has 2 aromatic rings. The first-order chi connectivity index (χ1) is 14.0. The van der Waals surface area contributed by atoms with Crippen molar-refractivity contribution in [2.45, 2.75) is 26.2 Å². The summed E-state index contributed by atoms with van der Waals surface area (Å²) >= 11 is 0. The van der Waals surface area contributed by atoms with Gasteiger partial charge in [0, 0.05) is 18.7 Å². The van der Waals surface area contributed by atoms with E-state index in [0.717, 1.165) is 17.7 Å². The van der Waals surface area contributed by atoms with E-state index >= 15 is 0 Å². The summed E-state index contributed by atoms with van der Waals surface area (Å²) in [6, 6.07) is 13.0. The molecule has 0 aliphatic carbocycles. The lowest BCUT2D eigenvalue weighted by Crippen LogP contribution is -2.32. The fourth-order valence-corrected chi connectivity index (χ4v) is 3.00. The van der Waals surface area contributed by atoms with Crippen LogP contribution in [-0.2, 0) is 9.53 Å². The Morgan fingerprint density at radius 3 is 2.34 bits per heavy atom. The zero-order chi connectivity index (χ0) is 20.8. The average Bonchev–Trinajstić information content (AvgIpc) is 2.97. The highest BCUT2D eigenvalue weighted by atomic mass is 16.5. The number of nitrogens with one attached hydrogen (secondary N) is 1. The van der Waals surface area contributed by atoms with Gasteiger partial charge in [0.15, 0.2) is 0 Å². The van der Waals surface area contributed by atoms with Crippen LogP contribution in [-0.4, -0.2) is 41.7 Å². The molecular formula is C22H22N2O5. The largest absolute Gasteiger partial charge is 0.462 e. The van der Waals surface area contributed by atoms with Gasteiger partial charge in [-0.25, -0.2) is 4.79 Å². The minimum Gasteiger partial charge on any atom is -0.462 e. The predicted octanol–water partition coefficient (Wildman–Crippen LogP) is 3.27. The average molecular weight is 394 g/mol. The van der Waals surface area contributed by atoms with Gasteiger partial charge in [-0.05, 0) is 36.8 Å². The molecule has 150 valence electrons. The number of fused-ring (bicyclic) bond motifs is 1. The van der Waals surface area contributed by atoms with Gasteiger partial charge in [0.1, 0.15) is 0 Å². The standard InChI is InChI=1S/C22H22N2O5/c1-2-3-13-29-22(28)15-7-6-8-16(14-15)23-19(25)11-12-24-20(26)17-9-4-5-10-18(17)21(24)27/h4-10,14H,2-3,11-13H2,1H3,(H,23,25). The van der Waals surface area contributed by atoms with Crippen LogP contribution in [0.15, 0.2) is 48.5 Å². The maximum absolute atomic E-state index is 12.3. The van der Waals surface area contributed by atoms with Crippen LogP contribution in [0.3, 0.4) is 0 Å². The van der Waals surface area contributed by atoms with Crippen LogP contribution in [0.25, 0.3) is 0 Å². The molecule has 0 bridgehead atoms. The number of benzene rings is 2. The van der Waals surface area contributed by atoms with Gasteiger partial charge >= 0.3 is 5.97 Å². The summed E-state index contributed by atoms with van der Waals surface area (Å²) in [4.78, 5) is 50.0. The lowest BCUT2D eigenvalue weighted by atomic mass is 10.1. The van der Waals surface area contributed by atoms with Gasteiger partial charge in [-0.2, -0.15) is 0 Å². The minimum absolute atomic E-state index is 0.0169. The number of nitrogens with zero attached hydrogens (tertiary/aromatic N) is 1. The van der Waals surface area contributed by atoms with Crippen molar-refractivity contribution in [2.75, 3.05) is 18.5 Å². The van der Waals surface area contributed by atoms with Crippen molar-refractivity contribution in [2.24, 2.45) is 0 Å². The molecule has 3 amide bonds. The molecule has 0 spiro atoms. The summed E-state index contributed by atoms with van der Waals surface area (Å²) in [5.74, 6) is -1.59. The molecule has 0 radical (unpaired) electrons. The molecule has 7 nitrogen and oxygen atoms in total. The van der Waals surface area contributed by atoms with Crippen molar-refractivity contribution < 1.29 is 23.9 Å². The molecule has 3 rings (SSSR count). The topological polar surface area (TPSA) is 92.8 Å². The first-order valence-corrected chi connectivity index (χ1v) is 9.53. The minimum atomic E-state index is -0.444. The molecule has 0 unspecified atom stereocenters. The van der Waals surface area contributed by atoms with E-state index in [1.807, 2.05) is 6.92 Å². The SMILES string of the molecule is CCCCOC(=O)c1cccc(NC(=O)CCN2C(=O)c3ccccc3C2=O)c1. The molecule has 1 N–H and O–H groups in total. The maximum atomic E-state index is 12.3. The lowest BCUT2D eigenvalue weighted by Gasteiger charge is -2.13. The van der Waals surface area contributed by atoms with E-state index in [1.54, 1.807) is 42.5 Å². The summed E-state index contributed by atoms with van der Waals surface area (Å²) < 4.78 is 5.16. The first kappa shape index (κ1) is 20.3. The normalized spacial score (nSPS) is 12.7. The third-order valence-corrected chi connectivity index (χ3v) is 4.55. The highest BCUT2D eigenvalue weighted by molar-refractivity contribution is 6.21. The predicted molar refractivity (Wildman–Crippen MR) is 107 cm³/mol. The fraction of sp³-hybridized carbons (Fsp3) is 0.273. The van der Waals surface area contributed by atoms with E-state index in [1.165, 1.54) is 6.07 Å². The zero-order valence-corrected chi connectivity index (χ0v) is 16.1. The highest BCUT2D eigenvalue weighted by Gasteiger charge is 2.34. The molecule has 29 heavy (non-hydrogen) atoms. The molecule has 0 saturated heterocycles. The third kappa shape index (κ3) is 4.68. The third-order valence-electron chi connectivity index (χ3n) is 4.55. The van der Waals surface area contributed by atoms with Crippen LogP contribution in [0.5, 0.6) is 0 Å². The molecule has 2 aromatic carbocycles.